The van der Waals surface area contributed by atoms with Gasteiger partial charge in [-0.2, -0.15) is 0 Å². The molecule has 1 aliphatic rings. The molecule has 0 aliphatic heterocycles. The molecule has 0 aromatic heterocycles. The number of carboxylic acids is 1. The van der Waals surface area contributed by atoms with Crippen molar-refractivity contribution in [2.24, 2.45) is 11.3 Å². The maximum atomic E-state index is 11.6. The highest BCUT2D eigenvalue weighted by molar-refractivity contribution is 5.74. The van der Waals surface area contributed by atoms with Gasteiger partial charge in [0.15, 0.2) is 0 Å². The van der Waals surface area contributed by atoms with Gasteiger partial charge in [-0.15, -0.1) is 0 Å². The molecule has 0 aromatic rings. The first kappa shape index (κ1) is 15.5. The van der Waals surface area contributed by atoms with Crippen molar-refractivity contribution in [3.8, 4) is 0 Å². The van der Waals surface area contributed by atoms with Crippen molar-refractivity contribution < 1.29 is 14.6 Å². The van der Waals surface area contributed by atoms with Crippen molar-refractivity contribution in [2.75, 3.05) is 13.7 Å². The number of hydrogen-bond donors (Lipinski definition) is 1. The van der Waals surface area contributed by atoms with Crippen molar-refractivity contribution in [1.29, 1.82) is 0 Å². The zero-order valence-corrected chi connectivity index (χ0v) is 11.9. The van der Waals surface area contributed by atoms with Crippen molar-refractivity contribution >= 4 is 5.97 Å². The third-order valence-electron chi connectivity index (χ3n) is 4.49. The van der Waals surface area contributed by atoms with Crippen molar-refractivity contribution in [3.05, 3.63) is 0 Å². The third kappa shape index (κ3) is 4.27. The van der Waals surface area contributed by atoms with Gasteiger partial charge >= 0.3 is 5.97 Å². The fraction of sp³-hybridized carbons (Fsp3) is 0.933. The van der Waals surface area contributed by atoms with Gasteiger partial charge in [0.1, 0.15) is 0 Å². The van der Waals surface area contributed by atoms with Gasteiger partial charge in [-0.05, 0) is 44.4 Å². The van der Waals surface area contributed by atoms with Gasteiger partial charge in [0.2, 0.25) is 0 Å². The van der Waals surface area contributed by atoms with E-state index in [1.807, 2.05) is 0 Å². The molecular formula is C15H28O3. The van der Waals surface area contributed by atoms with Crippen LogP contribution in [0.5, 0.6) is 0 Å². The van der Waals surface area contributed by atoms with E-state index >= 15 is 0 Å². The Balaban J connectivity index is 2.44. The maximum Gasteiger partial charge on any atom is 0.309 e. The zero-order chi connectivity index (χ0) is 13.4. The van der Waals surface area contributed by atoms with E-state index in [9.17, 15) is 9.90 Å². The number of unbranched alkanes of at least 4 members (excludes halogenated alkanes) is 1. The monoisotopic (exact) mass is 256 g/mol. The molecule has 1 saturated carbocycles. The molecule has 1 fully saturated rings. The topological polar surface area (TPSA) is 46.5 Å². The summed E-state index contributed by atoms with van der Waals surface area (Å²) >= 11 is 0. The second-order valence-corrected chi connectivity index (χ2v) is 5.77. The molecule has 1 N–H and O–H groups in total. The van der Waals surface area contributed by atoms with Gasteiger partial charge in [-0.1, -0.05) is 26.2 Å². The van der Waals surface area contributed by atoms with Gasteiger partial charge < -0.3 is 9.84 Å². The fourth-order valence-electron chi connectivity index (χ4n) is 3.14. The molecule has 18 heavy (non-hydrogen) atoms. The van der Waals surface area contributed by atoms with Gasteiger partial charge in [-0.3, -0.25) is 4.79 Å². The second kappa shape index (κ2) is 7.78. The number of rotatable bonds is 8. The summed E-state index contributed by atoms with van der Waals surface area (Å²) in [4.78, 5) is 11.6. The molecule has 0 bridgehead atoms. The first-order chi connectivity index (χ1) is 8.64. The normalized spacial score (nSPS) is 28.2. The van der Waals surface area contributed by atoms with Gasteiger partial charge in [0.05, 0.1) is 5.41 Å². The standard InChI is InChI=1S/C15H28O3/c1-3-4-6-13-7-10-15(11-8-13,14(16)17)9-5-12-18-2/h13H,3-12H2,1-2H3,(H,16,17). The van der Waals surface area contributed by atoms with Crippen LogP contribution in [0.25, 0.3) is 0 Å². The minimum Gasteiger partial charge on any atom is -0.481 e. The number of ether oxygens (including phenoxy) is 1. The third-order valence-corrected chi connectivity index (χ3v) is 4.49. The summed E-state index contributed by atoms with van der Waals surface area (Å²) in [5, 5.41) is 9.51. The van der Waals surface area contributed by atoms with Crippen LogP contribution in [0.2, 0.25) is 0 Å². The lowest BCUT2D eigenvalue weighted by atomic mass is 9.67. The van der Waals surface area contributed by atoms with E-state index in [0.29, 0.717) is 6.61 Å². The van der Waals surface area contributed by atoms with E-state index in [2.05, 4.69) is 6.92 Å². The lowest BCUT2D eigenvalue weighted by Crippen LogP contribution is -2.35. The van der Waals surface area contributed by atoms with Crippen molar-refractivity contribution in [1.82, 2.24) is 0 Å². The molecule has 0 saturated heterocycles. The van der Waals surface area contributed by atoms with E-state index < -0.39 is 11.4 Å². The van der Waals surface area contributed by atoms with E-state index in [1.165, 1.54) is 19.3 Å². The van der Waals surface area contributed by atoms with Crippen LogP contribution in [0, 0.1) is 11.3 Å². The second-order valence-electron chi connectivity index (χ2n) is 5.77. The maximum absolute atomic E-state index is 11.6. The van der Waals surface area contributed by atoms with Crippen LogP contribution >= 0.6 is 0 Å². The molecule has 0 atom stereocenters. The summed E-state index contributed by atoms with van der Waals surface area (Å²) in [6, 6.07) is 0. The molecule has 0 radical (unpaired) electrons. The van der Waals surface area contributed by atoms with E-state index in [-0.39, 0.29) is 0 Å². The SMILES string of the molecule is CCCCC1CCC(CCCOC)(C(=O)O)CC1. The van der Waals surface area contributed by atoms with Crippen molar-refractivity contribution in [2.45, 2.75) is 64.7 Å². The quantitative estimate of drug-likeness (QED) is 0.671. The highest BCUT2D eigenvalue weighted by atomic mass is 16.5. The Kier molecular flexibility index (Phi) is 6.69. The Morgan fingerprint density at radius 2 is 2.00 bits per heavy atom. The summed E-state index contributed by atoms with van der Waals surface area (Å²) < 4.78 is 5.04. The predicted octanol–water partition coefficient (Wildman–Crippen LogP) is 3.86. The first-order valence-electron chi connectivity index (χ1n) is 7.37. The number of carboxylic acid groups (broad SMARTS) is 1. The van der Waals surface area contributed by atoms with Crippen LogP contribution in [-0.4, -0.2) is 24.8 Å². The molecule has 0 unspecified atom stereocenters. The zero-order valence-electron chi connectivity index (χ0n) is 11.9. The fourth-order valence-corrected chi connectivity index (χ4v) is 3.14. The summed E-state index contributed by atoms with van der Waals surface area (Å²) in [6.45, 7) is 2.89. The predicted molar refractivity (Wildman–Crippen MR) is 72.7 cm³/mol. The highest BCUT2D eigenvalue weighted by Gasteiger charge is 2.41. The molecule has 1 rings (SSSR count). The number of hydrogen-bond acceptors (Lipinski definition) is 2. The summed E-state index contributed by atoms with van der Waals surface area (Å²) in [5.74, 6) is 0.174. The van der Waals surface area contributed by atoms with Crippen LogP contribution in [0.4, 0.5) is 0 Å². The summed E-state index contributed by atoms with van der Waals surface area (Å²) in [5.41, 5.74) is -0.457. The molecule has 106 valence electrons. The van der Waals surface area contributed by atoms with E-state index in [1.54, 1.807) is 7.11 Å². The Morgan fingerprint density at radius 3 is 2.50 bits per heavy atom. The van der Waals surface area contributed by atoms with Gasteiger partial charge in [0, 0.05) is 13.7 Å². The Hall–Kier alpha value is -0.570. The molecule has 0 amide bonds. The molecule has 3 nitrogen and oxygen atoms in total. The molecule has 0 spiro atoms. The van der Waals surface area contributed by atoms with Gasteiger partial charge in [0.25, 0.3) is 0 Å². The lowest BCUT2D eigenvalue weighted by molar-refractivity contribution is -0.152. The van der Waals surface area contributed by atoms with Crippen molar-refractivity contribution in [3.63, 3.8) is 0 Å². The van der Waals surface area contributed by atoms with Crippen LogP contribution in [-0.2, 0) is 9.53 Å². The van der Waals surface area contributed by atoms with E-state index in [4.69, 9.17) is 4.74 Å². The summed E-state index contributed by atoms with van der Waals surface area (Å²) in [7, 11) is 1.68. The molecule has 0 aromatic carbocycles. The van der Waals surface area contributed by atoms with E-state index in [0.717, 1.165) is 44.4 Å². The average molecular weight is 256 g/mol. The Morgan fingerprint density at radius 1 is 1.33 bits per heavy atom. The average Bonchev–Trinajstić information content (AvgIpc) is 2.38. The number of carbonyl (C=O) groups is 1. The number of methoxy groups -OCH3 is 1. The summed E-state index contributed by atoms with van der Waals surface area (Å²) in [6.07, 6.45) is 9.37. The first-order valence-corrected chi connectivity index (χ1v) is 7.37. The van der Waals surface area contributed by atoms with Crippen LogP contribution < -0.4 is 0 Å². The highest BCUT2D eigenvalue weighted by Crippen LogP contribution is 2.44. The minimum atomic E-state index is -0.590. The van der Waals surface area contributed by atoms with Crippen LogP contribution in [0.15, 0.2) is 0 Å². The van der Waals surface area contributed by atoms with Crippen LogP contribution in [0.3, 0.4) is 0 Å². The molecular weight excluding hydrogens is 228 g/mol. The largest absolute Gasteiger partial charge is 0.481 e. The lowest BCUT2D eigenvalue weighted by Gasteiger charge is -2.37. The minimum absolute atomic E-state index is 0.457. The Labute approximate surface area is 111 Å². The smallest absolute Gasteiger partial charge is 0.309 e. The molecule has 1 aliphatic carbocycles. The molecule has 0 heterocycles. The Bertz CT molecular complexity index is 242. The number of aliphatic carboxylic acids is 1. The van der Waals surface area contributed by atoms with Crippen LogP contribution in [0.1, 0.15) is 64.7 Å². The van der Waals surface area contributed by atoms with Gasteiger partial charge in [-0.25, -0.2) is 0 Å². The molecule has 3 heteroatoms.